The predicted molar refractivity (Wildman–Crippen MR) is 81.0 cm³/mol. The van der Waals surface area contributed by atoms with Gasteiger partial charge in [-0.15, -0.1) is 0 Å². The van der Waals surface area contributed by atoms with Gasteiger partial charge in [-0.25, -0.2) is 4.79 Å². The number of rotatable bonds is 5. The Morgan fingerprint density at radius 2 is 2.14 bits per heavy atom. The zero-order valence-electron chi connectivity index (χ0n) is 12.7. The zero-order chi connectivity index (χ0) is 15.9. The van der Waals surface area contributed by atoms with Crippen LogP contribution in [-0.4, -0.2) is 47.2 Å². The van der Waals surface area contributed by atoms with Crippen molar-refractivity contribution < 1.29 is 19.4 Å². The largest absolute Gasteiger partial charge is 0.445 e. The molecular weight excluding hydrogens is 284 g/mol. The lowest BCUT2D eigenvalue weighted by molar-refractivity contribution is -0.125. The van der Waals surface area contributed by atoms with Gasteiger partial charge >= 0.3 is 6.09 Å². The number of hydrogen-bond acceptors (Lipinski definition) is 4. The molecule has 0 radical (unpaired) electrons. The number of amides is 2. The molecule has 1 unspecified atom stereocenters. The van der Waals surface area contributed by atoms with Gasteiger partial charge in [-0.1, -0.05) is 30.3 Å². The fraction of sp³-hybridized carbons (Fsp3) is 0.500. The van der Waals surface area contributed by atoms with Crippen LogP contribution in [0.5, 0.6) is 0 Å². The predicted octanol–water partition coefficient (Wildman–Crippen LogP) is 1.28. The average Bonchev–Trinajstić information content (AvgIpc) is 3.01. The lowest BCUT2D eigenvalue weighted by atomic mass is 10.2. The highest BCUT2D eigenvalue weighted by atomic mass is 16.6. The van der Waals surface area contributed by atoms with Crippen molar-refractivity contribution in [3.05, 3.63) is 35.9 Å². The number of hydrogen-bond donors (Lipinski definition) is 2. The first-order valence-electron chi connectivity index (χ1n) is 7.51. The van der Waals surface area contributed by atoms with E-state index in [-0.39, 0.29) is 19.1 Å². The SMILES string of the molecule is CC(O)CNC(=O)[C@@H]1CCCN1C(=O)OCc1ccccc1. The highest BCUT2D eigenvalue weighted by molar-refractivity contribution is 5.86. The van der Waals surface area contributed by atoms with E-state index in [2.05, 4.69) is 5.32 Å². The van der Waals surface area contributed by atoms with E-state index in [1.54, 1.807) is 6.92 Å². The molecule has 2 amide bonds. The molecule has 0 saturated carbocycles. The Morgan fingerprint density at radius 1 is 1.41 bits per heavy atom. The number of benzene rings is 1. The summed E-state index contributed by atoms with van der Waals surface area (Å²) in [5, 5.41) is 11.9. The number of nitrogens with zero attached hydrogens (tertiary/aromatic N) is 1. The summed E-state index contributed by atoms with van der Waals surface area (Å²) < 4.78 is 5.28. The summed E-state index contributed by atoms with van der Waals surface area (Å²) in [7, 11) is 0. The van der Waals surface area contributed by atoms with Gasteiger partial charge in [0.15, 0.2) is 0 Å². The second kappa shape index (κ2) is 7.79. The van der Waals surface area contributed by atoms with Gasteiger partial charge in [0.2, 0.25) is 5.91 Å². The lowest BCUT2D eigenvalue weighted by Crippen LogP contribution is -2.47. The van der Waals surface area contributed by atoms with Crippen LogP contribution in [0.3, 0.4) is 0 Å². The van der Waals surface area contributed by atoms with Gasteiger partial charge in [-0.05, 0) is 25.3 Å². The molecule has 6 nitrogen and oxygen atoms in total. The van der Waals surface area contributed by atoms with Gasteiger partial charge in [-0.2, -0.15) is 0 Å². The maximum atomic E-state index is 12.1. The second-order valence-corrected chi connectivity index (χ2v) is 5.49. The Bertz CT molecular complexity index is 504. The summed E-state index contributed by atoms with van der Waals surface area (Å²) in [4.78, 5) is 25.7. The molecule has 1 fully saturated rings. The van der Waals surface area contributed by atoms with Crippen LogP contribution in [0.2, 0.25) is 0 Å². The smallest absolute Gasteiger partial charge is 0.410 e. The number of aliphatic hydroxyl groups is 1. The molecule has 1 saturated heterocycles. The van der Waals surface area contributed by atoms with Gasteiger partial charge in [0.25, 0.3) is 0 Å². The van der Waals surface area contributed by atoms with E-state index in [4.69, 9.17) is 4.74 Å². The molecule has 1 aliphatic rings. The number of likely N-dealkylation sites (tertiary alicyclic amines) is 1. The van der Waals surface area contributed by atoms with Crippen LogP contribution in [0.25, 0.3) is 0 Å². The lowest BCUT2D eigenvalue weighted by Gasteiger charge is -2.23. The molecule has 1 heterocycles. The summed E-state index contributed by atoms with van der Waals surface area (Å²) >= 11 is 0. The standard InChI is InChI=1S/C16H22N2O4/c1-12(19)10-17-15(20)14-8-5-9-18(14)16(21)22-11-13-6-3-2-4-7-13/h2-4,6-7,12,14,19H,5,8-11H2,1H3,(H,17,20)/t12?,14-/m0/s1. The van der Waals surface area contributed by atoms with Crippen LogP contribution in [0.1, 0.15) is 25.3 Å². The Balaban J connectivity index is 1.86. The maximum Gasteiger partial charge on any atom is 0.410 e. The van der Waals surface area contributed by atoms with Crippen molar-refractivity contribution in [1.82, 2.24) is 10.2 Å². The molecule has 1 aromatic rings. The van der Waals surface area contributed by atoms with E-state index in [0.717, 1.165) is 12.0 Å². The number of carbonyl (C=O) groups excluding carboxylic acids is 2. The maximum absolute atomic E-state index is 12.1. The molecule has 2 atom stereocenters. The van der Waals surface area contributed by atoms with Crippen molar-refractivity contribution >= 4 is 12.0 Å². The topological polar surface area (TPSA) is 78.9 Å². The van der Waals surface area contributed by atoms with Gasteiger partial charge in [-0.3, -0.25) is 9.69 Å². The van der Waals surface area contributed by atoms with Gasteiger partial charge in [0.1, 0.15) is 12.6 Å². The second-order valence-electron chi connectivity index (χ2n) is 5.49. The van der Waals surface area contributed by atoms with Crippen molar-refractivity contribution in [2.75, 3.05) is 13.1 Å². The zero-order valence-corrected chi connectivity index (χ0v) is 12.7. The van der Waals surface area contributed by atoms with Crippen LogP contribution in [0.15, 0.2) is 30.3 Å². The van der Waals surface area contributed by atoms with Gasteiger partial charge in [0, 0.05) is 13.1 Å². The first kappa shape index (κ1) is 16.3. The first-order chi connectivity index (χ1) is 10.6. The minimum atomic E-state index is -0.608. The van der Waals surface area contributed by atoms with Crippen LogP contribution in [0.4, 0.5) is 4.79 Å². The van der Waals surface area contributed by atoms with Crippen LogP contribution in [0, 0.1) is 0 Å². The number of ether oxygens (including phenoxy) is 1. The van der Waals surface area contributed by atoms with Crippen LogP contribution in [-0.2, 0) is 16.1 Å². The summed E-state index contributed by atoms with van der Waals surface area (Å²) in [6.45, 7) is 2.49. The van der Waals surface area contributed by atoms with Crippen molar-refractivity contribution in [2.24, 2.45) is 0 Å². The molecule has 22 heavy (non-hydrogen) atoms. The van der Waals surface area contributed by atoms with E-state index >= 15 is 0 Å². The number of aliphatic hydroxyl groups excluding tert-OH is 1. The van der Waals surface area contributed by atoms with Gasteiger partial charge in [0.05, 0.1) is 6.10 Å². The molecular formula is C16H22N2O4. The fourth-order valence-electron chi connectivity index (χ4n) is 2.43. The summed E-state index contributed by atoms with van der Waals surface area (Å²) in [5.74, 6) is -0.241. The Labute approximate surface area is 130 Å². The Hall–Kier alpha value is -2.08. The van der Waals surface area contributed by atoms with E-state index in [0.29, 0.717) is 13.0 Å². The van der Waals surface area contributed by atoms with Gasteiger partial charge < -0.3 is 15.2 Å². The minimum Gasteiger partial charge on any atom is -0.445 e. The molecule has 1 aromatic carbocycles. The summed E-state index contributed by atoms with van der Waals surface area (Å²) in [6.07, 6.45) is 0.307. The van der Waals surface area contributed by atoms with Crippen molar-refractivity contribution in [3.63, 3.8) is 0 Å². The Morgan fingerprint density at radius 3 is 2.82 bits per heavy atom. The average molecular weight is 306 g/mol. The first-order valence-corrected chi connectivity index (χ1v) is 7.51. The fourth-order valence-corrected chi connectivity index (χ4v) is 2.43. The van der Waals surface area contributed by atoms with E-state index in [1.165, 1.54) is 4.90 Å². The monoisotopic (exact) mass is 306 g/mol. The molecule has 0 spiro atoms. The molecule has 0 aromatic heterocycles. The highest BCUT2D eigenvalue weighted by Gasteiger charge is 2.35. The van der Waals surface area contributed by atoms with Crippen LogP contribution >= 0.6 is 0 Å². The molecule has 2 N–H and O–H groups in total. The minimum absolute atomic E-state index is 0.183. The molecule has 0 bridgehead atoms. The third-order valence-electron chi connectivity index (χ3n) is 3.57. The molecule has 120 valence electrons. The number of nitrogens with one attached hydrogen (secondary N) is 1. The highest BCUT2D eigenvalue weighted by Crippen LogP contribution is 2.19. The molecule has 6 heteroatoms. The van der Waals surface area contributed by atoms with E-state index < -0.39 is 18.2 Å². The summed E-state index contributed by atoms with van der Waals surface area (Å²) in [5.41, 5.74) is 0.908. The quantitative estimate of drug-likeness (QED) is 0.859. The van der Waals surface area contributed by atoms with Crippen molar-refractivity contribution in [2.45, 2.75) is 38.5 Å². The third kappa shape index (κ3) is 4.46. The van der Waals surface area contributed by atoms with Crippen molar-refractivity contribution in [1.29, 1.82) is 0 Å². The third-order valence-corrected chi connectivity index (χ3v) is 3.57. The molecule has 1 aliphatic heterocycles. The van der Waals surface area contributed by atoms with E-state index in [9.17, 15) is 14.7 Å². The summed E-state index contributed by atoms with van der Waals surface area (Å²) in [6, 6.07) is 8.90. The Kier molecular flexibility index (Phi) is 5.77. The van der Waals surface area contributed by atoms with E-state index in [1.807, 2.05) is 30.3 Å². The number of carbonyl (C=O) groups is 2. The van der Waals surface area contributed by atoms with Crippen molar-refractivity contribution in [3.8, 4) is 0 Å². The molecule has 0 aliphatic carbocycles. The molecule has 2 rings (SSSR count). The van der Waals surface area contributed by atoms with Crippen LogP contribution < -0.4 is 5.32 Å². The normalized spacial score (nSPS) is 18.8.